The van der Waals surface area contributed by atoms with Gasteiger partial charge < -0.3 is 9.88 Å². The van der Waals surface area contributed by atoms with Crippen LogP contribution < -0.4 is 5.32 Å². The molecule has 0 aliphatic heterocycles. The molecular formula is C21H25N3. The average Bonchev–Trinajstić information content (AvgIpc) is 3.11. The van der Waals surface area contributed by atoms with Crippen LogP contribution in [-0.4, -0.2) is 9.55 Å². The minimum Gasteiger partial charge on any atom is -0.306 e. The van der Waals surface area contributed by atoms with Gasteiger partial charge in [-0.15, -0.1) is 0 Å². The van der Waals surface area contributed by atoms with Gasteiger partial charge in [0.25, 0.3) is 0 Å². The first-order valence-corrected chi connectivity index (χ1v) is 8.43. The lowest BCUT2D eigenvalue weighted by molar-refractivity contribution is 0.573. The summed E-state index contributed by atoms with van der Waals surface area (Å²) in [5.74, 6) is 0. The van der Waals surface area contributed by atoms with Crippen molar-refractivity contribution in [3.8, 4) is 5.69 Å². The Labute approximate surface area is 144 Å². The molecule has 3 nitrogen and oxygen atoms in total. The van der Waals surface area contributed by atoms with Gasteiger partial charge in [0.2, 0.25) is 0 Å². The molecule has 124 valence electrons. The van der Waals surface area contributed by atoms with E-state index in [4.69, 9.17) is 0 Å². The van der Waals surface area contributed by atoms with Crippen LogP contribution in [0.1, 0.15) is 40.8 Å². The first-order chi connectivity index (χ1) is 11.5. The highest BCUT2D eigenvalue weighted by molar-refractivity contribution is 5.37. The molecule has 1 aromatic heterocycles. The van der Waals surface area contributed by atoms with Crippen molar-refractivity contribution >= 4 is 0 Å². The lowest BCUT2D eigenvalue weighted by Gasteiger charge is -2.17. The number of hydrogen-bond acceptors (Lipinski definition) is 2. The lowest BCUT2D eigenvalue weighted by atomic mass is 10.0. The second kappa shape index (κ2) is 7.02. The van der Waals surface area contributed by atoms with E-state index in [1.54, 1.807) is 6.20 Å². The van der Waals surface area contributed by atoms with Gasteiger partial charge in [0.05, 0.1) is 6.33 Å². The largest absolute Gasteiger partial charge is 0.306 e. The Morgan fingerprint density at radius 2 is 1.71 bits per heavy atom. The molecule has 3 heteroatoms. The number of imidazole rings is 1. The van der Waals surface area contributed by atoms with Gasteiger partial charge in [-0.25, -0.2) is 4.98 Å². The average molecular weight is 319 g/mol. The predicted molar refractivity (Wildman–Crippen MR) is 99.5 cm³/mol. The smallest absolute Gasteiger partial charge is 0.0991 e. The Bertz CT molecular complexity index is 802. The lowest BCUT2D eigenvalue weighted by Crippen LogP contribution is -2.18. The normalized spacial score (nSPS) is 12.3. The maximum atomic E-state index is 4.09. The van der Waals surface area contributed by atoms with Gasteiger partial charge in [0, 0.05) is 30.7 Å². The molecule has 2 aromatic carbocycles. The second-order valence-corrected chi connectivity index (χ2v) is 6.53. The molecule has 0 fully saturated rings. The maximum absolute atomic E-state index is 4.09. The van der Waals surface area contributed by atoms with E-state index in [9.17, 15) is 0 Å². The van der Waals surface area contributed by atoms with Gasteiger partial charge in [0.15, 0.2) is 0 Å². The summed E-state index contributed by atoms with van der Waals surface area (Å²) in [7, 11) is 0. The zero-order valence-electron chi connectivity index (χ0n) is 14.9. The highest BCUT2D eigenvalue weighted by Gasteiger charge is 2.07. The Kier molecular flexibility index (Phi) is 4.81. The molecule has 0 radical (unpaired) electrons. The number of nitrogens with zero attached hydrogens (tertiary/aromatic N) is 2. The molecule has 0 saturated heterocycles. The first kappa shape index (κ1) is 16.5. The molecule has 1 heterocycles. The first-order valence-electron chi connectivity index (χ1n) is 8.43. The molecule has 3 aromatic rings. The molecule has 1 N–H and O–H groups in total. The summed E-state index contributed by atoms with van der Waals surface area (Å²) >= 11 is 0. The summed E-state index contributed by atoms with van der Waals surface area (Å²) < 4.78 is 2.01. The van der Waals surface area contributed by atoms with Crippen LogP contribution in [-0.2, 0) is 6.54 Å². The summed E-state index contributed by atoms with van der Waals surface area (Å²) in [5, 5.41) is 3.64. The van der Waals surface area contributed by atoms with Crippen molar-refractivity contribution in [2.45, 2.75) is 40.3 Å². The molecule has 0 aliphatic rings. The summed E-state index contributed by atoms with van der Waals surface area (Å²) in [6, 6.07) is 13.5. The van der Waals surface area contributed by atoms with E-state index in [1.807, 2.05) is 17.1 Å². The predicted octanol–water partition coefficient (Wildman–Crippen LogP) is 4.65. The fourth-order valence-corrected chi connectivity index (χ4v) is 2.94. The summed E-state index contributed by atoms with van der Waals surface area (Å²) in [6.07, 6.45) is 5.57. The number of aryl methyl sites for hydroxylation is 3. The van der Waals surface area contributed by atoms with Gasteiger partial charge in [-0.1, -0.05) is 24.3 Å². The van der Waals surface area contributed by atoms with Crippen LogP contribution in [0.4, 0.5) is 0 Å². The number of rotatable bonds is 5. The van der Waals surface area contributed by atoms with Crippen LogP contribution in [0.2, 0.25) is 0 Å². The third kappa shape index (κ3) is 3.57. The van der Waals surface area contributed by atoms with Crippen LogP contribution in [0, 0.1) is 20.8 Å². The monoisotopic (exact) mass is 319 g/mol. The van der Waals surface area contributed by atoms with Crippen molar-refractivity contribution in [3.63, 3.8) is 0 Å². The Morgan fingerprint density at radius 1 is 1.00 bits per heavy atom. The molecule has 1 atom stereocenters. The van der Waals surface area contributed by atoms with Crippen molar-refractivity contribution < 1.29 is 0 Å². The number of benzene rings is 2. The van der Waals surface area contributed by atoms with Gasteiger partial charge in [-0.3, -0.25) is 0 Å². The molecular weight excluding hydrogens is 294 g/mol. The Hall–Kier alpha value is -2.39. The second-order valence-electron chi connectivity index (χ2n) is 6.53. The Morgan fingerprint density at radius 3 is 2.38 bits per heavy atom. The molecule has 1 unspecified atom stereocenters. The zero-order chi connectivity index (χ0) is 17.1. The molecule has 0 aliphatic carbocycles. The zero-order valence-corrected chi connectivity index (χ0v) is 14.9. The van der Waals surface area contributed by atoms with Gasteiger partial charge >= 0.3 is 0 Å². The van der Waals surface area contributed by atoms with Crippen LogP contribution in [0.3, 0.4) is 0 Å². The van der Waals surface area contributed by atoms with E-state index in [0.717, 1.165) is 12.2 Å². The number of nitrogens with one attached hydrogen (secondary N) is 1. The third-order valence-electron chi connectivity index (χ3n) is 4.75. The molecule has 3 rings (SSSR count). The van der Waals surface area contributed by atoms with Crippen molar-refractivity contribution in [1.82, 2.24) is 14.9 Å². The number of aromatic nitrogens is 2. The van der Waals surface area contributed by atoms with E-state index in [0.29, 0.717) is 6.04 Å². The fourth-order valence-electron chi connectivity index (χ4n) is 2.94. The molecule has 0 spiro atoms. The van der Waals surface area contributed by atoms with Crippen LogP contribution in [0.15, 0.2) is 55.1 Å². The highest BCUT2D eigenvalue weighted by Crippen LogP contribution is 2.19. The Balaban J connectivity index is 1.67. The fraction of sp³-hybridized carbons (Fsp3) is 0.286. The van der Waals surface area contributed by atoms with Crippen molar-refractivity contribution in [2.75, 3.05) is 0 Å². The van der Waals surface area contributed by atoms with Crippen LogP contribution >= 0.6 is 0 Å². The topological polar surface area (TPSA) is 29.9 Å². The minimum absolute atomic E-state index is 0.308. The van der Waals surface area contributed by atoms with E-state index >= 15 is 0 Å². The van der Waals surface area contributed by atoms with Crippen molar-refractivity contribution in [3.05, 3.63) is 82.9 Å². The molecule has 0 amide bonds. The molecule has 0 bridgehead atoms. The van der Waals surface area contributed by atoms with Gasteiger partial charge in [-0.05, 0) is 67.6 Å². The van der Waals surface area contributed by atoms with Crippen LogP contribution in [0.25, 0.3) is 5.69 Å². The van der Waals surface area contributed by atoms with E-state index < -0.39 is 0 Å². The quantitative estimate of drug-likeness (QED) is 0.742. The minimum atomic E-state index is 0.308. The van der Waals surface area contributed by atoms with E-state index in [-0.39, 0.29) is 0 Å². The standard InChI is InChI=1S/C21H25N3/c1-15-11-17(3)20(12-16(15)2)13-23-18(4)19-5-7-21(8-6-19)24-10-9-22-14-24/h5-12,14,18,23H,13H2,1-4H3. The summed E-state index contributed by atoms with van der Waals surface area (Å²) in [6.45, 7) is 9.63. The van der Waals surface area contributed by atoms with Gasteiger partial charge in [0.1, 0.15) is 0 Å². The maximum Gasteiger partial charge on any atom is 0.0991 e. The molecule has 0 saturated carbocycles. The van der Waals surface area contributed by atoms with Crippen molar-refractivity contribution in [1.29, 1.82) is 0 Å². The van der Waals surface area contributed by atoms with Gasteiger partial charge in [-0.2, -0.15) is 0 Å². The van der Waals surface area contributed by atoms with E-state index in [2.05, 4.69) is 74.4 Å². The number of hydrogen-bond donors (Lipinski definition) is 1. The summed E-state index contributed by atoms with van der Waals surface area (Å²) in [4.78, 5) is 4.09. The molecule has 24 heavy (non-hydrogen) atoms. The summed E-state index contributed by atoms with van der Waals surface area (Å²) in [5.41, 5.74) is 7.87. The van der Waals surface area contributed by atoms with Crippen LogP contribution in [0.5, 0.6) is 0 Å². The SMILES string of the molecule is Cc1cc(C)c(CNC(C)c2ccc(-n3ccnc3)cc2)cc1C. The third-order valence-corrected chi connectivity index (χ3v) is 4.75. The van der Waals surface area contributed by atoms with Crippen molar-refractivity contribution in [2.24, 2.45) is 0 Å². The highest BCUT2D eigenvalue weighted by atomic mass is 15.0. The van der Waals surface area contributed by atoms with E-state index in [1.165, 1.54) is 27.8 Å².